The Balaban J connectivity index is 1.83. The number of Topliss-reactive ketones (excluding diaryl/α,β-unsaturated/α-hetero) is 1. The van der Waals surface area contributed by atoms with Crippen LogP contribution in [0.25, 0.3) is 0 Å². The lowest BCUT2D eigenvalue weighted by molar-refractivity contribution is 0.0816. The Morgan fingerprint density at radius 2 is 1.12 bits per heavy atom. The van der Waals surface area contributed by atoms with Crippen LogP contribution in [0.2, 0.25) is 0 Å². The van der Waals surface area contributed by atoms with Crippen molar-refractivity contribution in [1.82, 2.24) is 4.90 Å². The molecular formula is C23H23NO. The summed E-state index contributed by atoms with van der Waals surface area (Å²) in [6, 6.07) is 30.0. The number of carbonyl (C=O) groups is 1. The number of benzene rings is 3. The van der Waals surface area contributed by atoms with Crippen LogP contribution >= 0.6 is 0 Å². The zero-order valence-corrected chi connectivity index (χ0v) is 14.5. The Hall–Kier alpha value is -2.71. The monoisotopic (exact) mass is 329 g/mol. The molecule has 2 nitrogen and oxygen atoms in total. The van der Waals surface area contributed by atoms with Crippen LogP contribution in [0.1, 0.15) is 28.4 Å². The Morgan fingerprint density at radius 3 is 1.56 bits per heavy atom. The predicted molar refractivity (Wildman–Crippen MR) is 102 cm³/mol. The van der Waals surface area contributed by atoms with Crippen LogP contribution in [0.15, 0.2) is 91.0 Å². The fourth-order valence-electron chi connectivity index (χ4n) is 2.98. The van der Waals surface area contributed by atoms with Crippen molar-refractivity contribution in [3.63, 3.8) is 0 Å². The summed E-state index contributed by atoms with van der Waals surface area (Å²) in [6.45, 7) is 3.49. The predicted octanol–water partition coefficient (Wildman–Crippen LogP) is 4.96. The second kappa shape index (κ2) is 8.41. The van der Waals surface area contributed by atoms with Crippen LogP contribution in [-0.2, 0) is 13.1 Å². The molecule has 25 heavy (non-hydrogen) atoms. The number of hydrogen-bond acceptors (Lipinski definition) is 2. The minimum Gasteiger partial charge on any atom is -0.292 e. The van der Waals surface area contributed by atoms with E-state index < -0.39 is 0 Å². The van der Waals surface area contributed by atoms with Crippen molar-refractivity contribution in [3.8, 4) is 0 Å². The largest absolute Gasteiger partial charge is 0.292 e. The minimum absolute atomic E-state index is 0.160. The fourth-order valence-corrected chi connectivity index (χ4v) is 2.98. The van der Waals surface area contributed by atoms with Gasteiger partial charge in [-0.05, 0) is 18.1 Å². The quantitative estimate of drug-likeness (QED) is 0.571. The van der Waals surface area contributed by atoms with Gasteiger partial charge in [0.1, 0.15) is 0 Å². The molecule has 0 aromatic heterocycles. The third-order valence-corrected chi connectivity index (χ3v) is 4.44. The van der Waals surface area contributed by atoms with E-state index in [1.54, 1.807) is 0 Å². The molecule has 3 aromatic carbocycles. The molecule has 1 unspecified atom stereocenters. The third kappa shape index (κ3) is 4.65. The van der Waals surface area contributed by atoms with Gasteiger partial charge < -0.3 is 0 Å². The average molecular weight is 329 g/mol. The normalized spacial score (nSPS) is 12.1. The summed E-state index contributed by atoms with van der Waals surface area (Å²) < 4.78 is 0. The Labute approximate surface area is 149 Å². The van der Waals surface area contributed by atoms with E-state index in [9.17, 15) is 4.79 Å². The zero-order chi connectivity index (χ0) is 17.5. The first-order valence-corrected chi connectivity index (χ1v) is 8.65. The van der Waals surface area contributed by atoms with E-state index in [0.29, 0.717) is 0 Å². The van der Waals surface area contributed by atoms with Gasteiger partial charge in [-0.15, -0.1) is 0 Å². The molecule has 0 saturated carbocycles. The molecule has 0 spiro atoms. The maximum absolute atomic E-state index is 12.9. The van der Waals surface area contributed by atoms with Gasteiger partial charge in [0, 0.05) is 18.7 Å². The summed E-state index contributed by atoms with van der Waals surface area (Å²) in [7, 11) is 0. The highest BCUT2D eigenvalue weighted by atomic mass is 16.1. The Bertz CT molecular complexity index is 743. The molecule has 0 amide bonds. The maximum atomic E-state index is 12.9. The van der Waals surface area contributed by atoms with Gasteiger partial charge in [-0.2, -0.15) is 0 Å². The average Bonchev–Trinajstić information content (AvgIpc) is 2.68. The Morgan fingerprint density at radius 1 is 0.720 bits per heavy atom. The van der Waals surface area contributed by atoms with Gasteiger partial charge in [0.25, 0.3) is 0 Å². The molecule has 0 radical (unpaired) electrons. The lowest BCUT2D eigenvalue weighted by Crippen LogP contribution is -2.38. The van der Waals surface area contributed by atoms with E-state index in [1.165, 1.54) is 11.1 Å². The molecule has 0 aliphatic heterocycles. The number of hydrogen-bond donors (Lipinski definition) is 0. The molecular weight excluding hydrogens is 306 g/mol. The molecule has 3 rings (SSSR count). The Kier molecular flexibility index (Phi) is 5.76. The lowest BCUT2D eigenvalue weighted by Gasteiger charge is -2.28. The molecule has 0 heterocycles. The van der Waals surface area contributed by atoms with Crippen molar-refractivity contribution in [1.29, 1.82) is 0 Å². The van der Waals surface area contributed by atoms with E-state index in [0.717, 1.165) is 18.7 Å². The van der Waals surface area contributed by atoms with Crippen LogP contribution in [0.3, 0.4) is 0 Å². The highest BCUT2D eigenvalue weighted by molar-refractivity contribution is 5.99. The van der Waals surface area contributed by atoms with Crippen LogP contribution in [0.4, 0.5) is 0 Å². The second-order valence-corrected chi connectivity index (χ2v) is 6.28. The van der Waals surface area contributed by atoms with Crippen molar-refractivity contribution in [2.45, 2.75) is 26.1 Å². The number of carbonyl (C=O) groups excluding carboxylic acids is 1. The van der Waals surface area contributed by atoms with Gasteiger partial charge in [-0.25, -0.2) is 0 Å². The van der Waals surface area contributed by atoms with Gasteiger partial charge in [-0.3, -0.25) is 9.69 Å². The molecule has 0 N–H and O–H groups in total. The van der Waals surface area contributed by atoms with E-state index in [2.05, 4.69) is 29.2 Å². The van der Waals surface area contributed by atoms with Gasteiger partial charge in [0.15, 0.2) is 5.78 Å². The van der Waals surface area contributed by atoms with E-state index in [4.69, 9.17) is 0 Å². The van der Waals surface area contributed by atoms with Crippen LogP contribution in [-0.4, -0.2) is 16.7 Å². The van der Waals surface area contributed by atoms with Gasteiger partial charge >= 0.3 is 0 Å². The van der Waals surface area contributed by atoms with Crippen LogP contribution in [0, 0.1) is 0 Å². The summed E-state index contributed by atoms with van der Waals surface area (Å²) in [6.07, 6.45) is 0. The molecule has 0 bridgehead atoms. The summed E-state index contributed by atoms with van der Waals surface area (Å²) in [5.41, 5.74) is 3.19. The molecule has 1 atom stereocenters. The van der Waals surface area contributed by atoms with Gasteiger partial charge in [0.05, 0.1) is 6.04 Å². The van der Waals surface area contributed by atoms with E-state index in [-0.39, 0.29) is 11.8 Å². The summed E-state index contributed by atoms with van der Waals surface area (Å²) in [5.74, 6) is 0.160. The SMILES string of the molecule is CC(C(=O)c1ccccc1)N(Cc1ccccc1)Cc1ccccc1. The summed E-state index contributed by atoms with van der Waals surface area (Å²) in [4.78, 5) is 15.2. The molecule has 0 fully saturated rings. The standard InChI is InChI=1S/C23H23NO/c1-19(23(25)22-15-9-4-10-16-22)24(17-20-11-5-2-6-12-20)18-21-13-7-3-8-14-21/h2-16,19H,17-18H2,1H3. The van der Waals surface area contributed by atoms with Crippen molar-refractivity contribution in [2.24, 2.45) is 0 Å². The first-order chi connectivity index (χ1) is 12.2. The van der Waals surface area contributed by atoms with Gasteiger partial charge in [-0.1, -0.05) is 91.0 Å². The lowest BCUT2D eigenvalue weighted by atomic mass is 10.0. The maximum Gasteiger partial charge on any atom is 0.179 e. The molecule has 2 heteroatoms. The number of rotatable bonds is 7. The minimum atomic E-state index is -0.192. The zero-order valence-electron chi connectivity index (χ0n) is 14.5. The molecule has 0 saturated heterocycles. The highest BCUT2D eigenvalue weighted by Crippen LogP contribution is 2.16. The molecule has 0 aliphatic carbocycles. The van der Waals surface area contributed by atoms with E-state index >= 15 is 0 Å². The van der Waals surface area contributed by atoms with Crippen molar-refractivity contribution < 1.29 is 4.79 Å². The third-order valence-electron chi connectivity index (χ3n) is 4.44. The van der Waals surface area contributed by atoms with Crippen molar-refractivity contribution in [2.75, 3.05) is 0 Å². The highest BCUT2D eigenvalue weighted by Gasteiger charge is 2.22. The summed E-state index contributed by atoms with van der Waals surface area (Å²) >= 11 is 0. The van der Waals surface area contributed by atoms with Crippen molar-refractivity contribution >= 4 is 5.78 Å². The number of ketones is 1. The van der Waals surface area contributed by atoms with E-state index in [1.807, 2.05) is 73.7 Å². The van der Waals surface area contributed by atoms with Crippen LogP contribution in [0.5, 0.6) is 0 Å². The number of nitrogens with zero attached hydrogens (tertiary/aromatic N) is 1. The molecule has 126 valence electrons. The fraction of sp³-hybridized carbons (Fsp3) is 0.174. The molecule has 3 aromatic rings. The van der Waals surface area contributed by atoms with Gasteiger partial charge in [0.2, 0.25) is 0 Å². The topological polar surface area (TPSA) is 20.3 Å². The van der Waals surface area contributed by atoms with Crippen molar-refractivity contribution in [3.05, 3.63) is 108 Å². The summed E-state index contributed by atoms with van der Waals surface area (Å²) in [5, 5.41) is 0. The molecule has 0 aliphatic rings. The smallest absolute Gasteiger partial charge is 0.179 e. The second-order valence-electron chi connectivity index (χ2n) is 6.28. The van der Waals surface area contributed by atoms with Crippen LogP contribution < -0.4 is 0 Å². The first kappa shape index (κ1) is 17.1. The first-order valence-electron chi connectivity index (χ1n) is 8.65.